The lowest BCUT2D eigenvalue weighted by Crippen LogP contribution is -2.34. The van der Waals surface area contributed by atoms with Gasteiger partial charge in [-0.1, -0.05) is 12.1 Å². The second kappa shape index (κ2) is 4.99. The van der Waals surface area contributed by atoms with Crippen LogP contribution in [0.2, 0.25) is 0 Å². The van der Waals surface area contributed by atoms with Crippen LogP contribution in [-0.4, -0.2) is 23.8 Å². The van der Waals surface area contributed by atoms with Crippen LogP contribution in [0.3, 0.4) is 0 Å². The van der Waals surface area contributed by atoms with E-state index in [1.54, 1.807) is 7.11 Å². The molecule has 0 amide bonds. The summed E-state index contributed by atoms with van der Waals surface area (Å²) in [5.74, 6) is -0.246. The highest BCUT2D eigenvalue weighted by molar-refractivity contribution is 5.76. The molecule has 1 N–H and O–H groups in total. The number of carbonyl (C=O) groups is 1. The predicted molar refractivity (Wildman–Crippen MR) is 59.5 cm³/mol. The largest absolute Gasteiger partial charge is 0.497 e. The standard InChI is InChI=1S/C12H16O4/c1-12(2,11(13)14)16-8-9-5-4-6-10(7-9)15-3/h4-7H,8H2,1-3H3,(H,13,14). The van der Waals surface area contributed by atoms with Crippen LogP contribution in [-0.2, 0) is 16.1 Å². The maximum Gasteiger partial charge on any atom is 0.335 e. The van der Waals surface area contributed by atoms with Gasteiger partial charge in [0.2, 0.25) is 0 Å². The highest BCUT2D eigenvalue weighted by Crippen LogP contribution is 2.17. The van der Waals surface area contributed by atoms with Crippen molar-refractivity contribution in [1.82, 2.24) is 0 Å². The van der Waals surface area contributed by atoms with Crippen molar-refractivity contribution in [2.24, 2.45) is 0 Å². The highest BCUT2D eigenvalue weighted by atomic mass is 16.5. The Morgan fingerprint density at radius 3 is 2.69 bits per heavy atom. The van der Waals surface area contributed by atoms with Crippen molar-refractivity contribution < 1.29 is 19.4 Å². The molecule has 0 saturated heterocycles. The Bertz CT molecular complexity index is 371. The van der Waals surface area contributed by atoms with E-state index < -0.39 is 11.6 Å². The van der Waals surface area contributed by atoms with Gasteiger partial charge in [-0.15, -0.1) is 0 Å². The van der Waals surface area contributed by atoms with Crippen LogP contribution in [0.15, 0.2) is 24.3 Å². The second-order valence-electron chi connectivity index (χ2n) is 3.96. The van der Waals surface area contributed by atoms with Gasteiger partial charge in [-0.2, -0.15) is 0 Å². The molecule has 0 saturated carbocycles. The summed E-state index contributed by atoms with van der Waals surface area (Å²) >= 11 is 0. The molecule has 0 aliphatic heterocycles. The summed E-state index contributed by atoms with van der Waals surface area (Å²) in [5, 5.41) is 8.87. The third-order valence-electron chi connectivity index (χ3n) is 2.25. The minimum Gasteiger partial charge on any atom is -0.497 e. The first-order chi connectivity index (χ1) is 7.45. The number of hydrogen-bond donors (Lipinski definition) is 1. The van der Waals surface area contributed by atoms with E-state index in [4.69, 9.17) is 14.6 Å². The molecule has 0 fully saturated rings. The normalized spacial score (nSPS) is 11.2. The lowest BCUT2D eigenvalue weighted by atomic mass is 10.1. The van der Waals surface area contributed by atoms with Gasteiger partial charge in [-0.3, -0.25) is 0 Å². The average molecular weight is 224 g/mol. The van der Waals surface area contributed by atoms with E-state index in [0.29, 0.717) is 0 Å². The molecule has 88 valence electrons. The molecule has 0 aliphatic carbocycles. The summed E-state index contributed by atoms with van der Waals surface area (Å²) < 4.78 is 10.4. The highest BCUT2D eigenvalue weighted by Gasteiger charge is 2.27. The molecule has 0 aliphatic rings. The molecule has 0 atom stereocenters. The molecule has 0 spiro atoms. The molecule has 4 nitrogen and oxygen atoms in total. The Balaban J connectivity index is 2.64. The number of carboxylic acids is 1. The number of hydrogen-bond acceptors (Lipinski definition) is 3. The molecule has 4 heteroatoms. The Hall–Kier alpha value is -1.55. The first kappa shape index (κ1) is 12.5. The monoisotopic (exact) mass is 224 g/mol. The van der Waals surface area contributed by atoms with Gasteiger partial charge in [0.1, 0.15) is 5.75 Å². The van der Waals surface area contributed by atoms with Gasteiger partial charge in [0, 0.05) is 0 Å². The zero-order chi connectivity index (χ0) is 12.2. The molecule has 0 bridgehead atoms. The number of aliphatic carboxylic acids is 1. The fourth-order valence-corrected chi connectivity index (χ4v) is 1.09. The topological polar surface area (TPSA) is 55.8 Å². The van der Waals surface area contributed by atoms with Crippen LogP contribution in [0.1, 0.15) is 19.4 Å². The molecule has 1 aromatic rings. The Labute approximate surface area is 94.8 Å². The van der Waals surface area contributed by atoms with Crippen molar-refractivity contribution in [3.05, 3.63) is 29.8 Å². The summed E-state index contributed by atoms with van der Waals surface area (Å²) in [5.41, 5.74) is -0.294. The molecular weight excluding hydrogens is 208 g/mol. The van der Waals surface area contributed by atoms with Crippen LogP contribution in [0, 0.1) is 0 Å². The molecule has 16 heavy (non-hydrogen) atoms. The van der Waals surface area contributed by atoms with Crippen molar-refractivity contribution >= 4 is 5.97 Å². The van der Waals surface area contributed by atoms with Crippen LogP contribution in [0.25, 0.3) is 0 Å². The number of ether oxygens (including phenoxy) is 2. The second-order valence-corrected chi connectivity index (χ2v) is 3.96. The molecule has 1 aromatic carbocycles. The number of rotatable bonds is 5. The summed E-state index contributed by atoms with van der Waals surface area (Å²) in [7, 11) is 1.58. The van der Waals surface area contributed by atoms with E-state index in [-0.39, 0.29) is 6.61 Å². The molecular formula is C12H16O4. The average Bonchev–Trinajstić information content (AvgIpc) is 2.26. The van der Waals surface area contributed by atoms with Crippen molar-refractivity contribution in [2.45, 2.75) is 26.1 Å². The number of methoxy groups -OCH3 is 1. The van der Waals surface area contributed by atoms with E-state index in [1.807, 2.05) is 24.3 Å². The zero-order valence-corrected chi connectivity index (χ0v) is 9.69. The summed E-state index contributed by atoms with van der Waals surface area (Å²) in [6, 6.07) is 7.34. The third kappa shape index (κ3) is 3.24. The van der Waals surface area contributed by atoms with Crippen molar-refractivity contribution in [3.63, 3.8) is 0 Å². The van der Waals surface area contributed by atoms with Gasteiger partial charge >= 0.3 is 5.97 Å². The van der Waals surface area contributed by atoms with E-state index in [2.05, 4.69) is 0 Å². The number of carboxylic acid groups (broad SMARTS) is 1. The van der Waals surface area contributed by atoms with E-state index in [1.165, 1.54) is 13.8 Å². The summed E-state index contributed by atoms with van der Waals surface area (Å²) in [6.07, 6.45) is 0. The van der Waals surface area contributed by atoms with Crippen LogP contribution < -0.4 is 4.74 Å². The Morgan fingerprint density at radius 1 is 1.44 bits per heavy atom. The predicted octanol–water partition coefficient (Wildman–Crippen LogP) is 2.08. The van der Waals surface area contributed by atoms with Gasteiger partial charge < -0.3 is 14.6 Å². The van der Waals surface area contributed by atoms with E-state index in [9.17, 15) is 4.79 Å². The maximum absolute atomic E-state index is 10.8. The number of benzene rings is 1. The van der Waals surface area contributed by atoms with Gasteiger partial charge in [-0.25, -0.2) is 4.79 Å². The fraction of sp³-hybridized carbons (Fsp3) is 0.417. The molecule has 0 heterocycles. The fourth-order valence-electron chi connectivity index (χ4n) is 1.09. The van der Waals surface area contributed by atoms with Gasteiger partial charge in [0.15, 0.2) is 5.60 Å². The van der Waals surface area contributed by atoms with Gasteiger partial charge in [0.25, 0.3) is 0 Å². The minimum atomic E-state index is -1.18. The van der Waals surface area contributed by atoms with Crippen molar-refractivity contribution in [3.8, 4) is 5.75 Å². The molecule has 1 rings (SSSR count). The van der Waals surface area contributed by atoms with Gasteiger partial charge in [0.05, 0.1) is 13.7 Å². The Kier molecular flexibility index (Phi) is 3.90. The smallest absolute Gasteiger partial charge is 0.335 e. The SMILES string of the molecule is COc1cccc(COC(C)(C)C(=O)O)c1. The lowest BCUT2D eigenvalue weighted by molar-refractivity contribution is -0.162. The first-order valence-electron chi connectivity index (χ1n) is 4.96. The quantitative estimate of drug-likeness (QED) is 0.831. The van der Waals surface area contributed by atoms with Crippen LogP contribution in [0.5, 0.6) is 5.75 Å². The van der Waals surface area contributed by atoms with Crippen molar-refractivity contribution in [1.29, 1.82) is 0 Å². The van der Waals surface area contributed by atoms with Crippen molar-refractivity contribution in [2.75, 3.05) is 7.11 Å². The summed E-state index contributed by atoms with van der Waals surface area (Å²) in [4.78, 5) is 10.8. The van der Waals surface area contributed by atoms with E-state index in [0.717, 1.165) is 11.3 Å². The summed E-state index contributed by atoms with van der Waals surface area (Å²) in [6.45, 7) is 3.29. The molecule has 0 unspecified atom stereocenters. The molecule has 0 aromatic heterocycles. The Morgan fingerprint density at radius 2 is 2.12 bits per heavy atom. The van der Waals surface area contributed by atoms with Crippen LogP contribution in [0.4, 0.5) is 0 Å². The minimum absolute atomic E-state index is 0.247. The first-order valence-corrected chi connectivity index (χ1v) is 4.96. The van der Waals surface area contributed by atoms with Crippen LogP contribution >= 0.6 is 0 Å². The van der Waals surface area contributed by atoms with E-state index >= 15 is 0 Å². The zero-order valence-electron chi connectivity index (χ0n) is 9.69. The lowest BCUT2D eigenvalue weighted by Gasteiger charge is -2.20. The molecule has 0 radical (unpaired) electrons. The van der Waals surface area contributed by atoms with Gasteiger partial charge in [-0.05, 0) is 31.5 Å². The third-order valence-corrected chi connectivity index (χ3v) is 2.25. The maximum atomic E-state index is 10.8.